The van der Waals surface area contributed by atoms with Crippen LogP contribution in [-0.2, 0) is 0 Å². The molecular weight excluding hydrogens is 238 g/mol. The summed E-state index contributed by atoms with van der Waals surface area (Å²) in [6, 6.07) is 8.24. The van der Waals surface area contributed by atoms with Crippen LogP contribution in [0, 0.1) is 6.92 Å². The van der Waals surface area contributed by atoms with E-state index in [1.165, 1.54) is 6.42 Å². The highest BCUT2D eigenvalue weighted by Gasteiger charge is 2.24. The summed E-state index contributed by atoms with van der Waals surface area (Å²) in [5.41, 5.74) is 1.90. The number of aryl methyl sites for hydroxylation is 1. The van der Waals surface area contributed by atoms with Crippen molar-refractivity contribution in [2.24, 2.45) is 0 Å². The van der Waals surface area contributed by atoms with Crippen molar-refractivity contribution in [3.05, 3.63) is 35.4 Å². The van der Waals surface area contributed by atoms with Crippen molar-refractivity contribution in [1.29, 1.82) is 0 Å². The minimum Gasteiger partial charge on any atom is -0.396 e. The number of Topliss-reactive ketones (excluding diaryl/α,β-unsaturated/α-hetero) is 1. The quantitative estimate of drug-likeness (QED) is 0.799. The van der Waals surface area contributed by atoms with Gasteiger partial charge in [0.2, 0.25) is 0 Å². The maximum Gasteiger partial charge on any atom is 0.164 e. The third-order valence-corrected chi connectivity index (χ3v) is 4.03. The Morgan fingerprint density at radius 1 is 1.42 bits per heavy atom. The second-order valence-corrected chi connectivity index (χ2v) is 5.33. The molecule has 1 saturated heterocycles. The molecule has 0 aromatic heterocycles. The molecule has 1 aliphatic heterocycles. The van der Waals surface area contributed by atoms with Gasteiger partial charge in [-0.3, -0.25) is 9.69 Å². The third kappa shape index (κ3) is 3.64. The van der Waals surface area contributed by atoms with Gasteiger partial charge in [-0.2, -0.15) is 0 Å². The first-order valence-corrected chi connectivity index (χ1v) is 7.16. The van der Waals surface area contributed by atoms with Crippen molar-refractivity contribution >= 4 is 5.78 Å². The number of nitrogens with zero attached hydrogens (tertiary/aromatic N) is 1. The molecule has 104 valence electrons. The summed E-state index contributed by atoms with van der Waals surface area (Å²) in [7, 11) is 0. The molecule has 0 saturated carbocycles. The van der Waals surface area contributed by atoms with Gasteiger partial charge in [0.15, 0.2) is 5.78 Å². The summed E-state index contributed by atoms with van der Waals surface area (Å²) in [5.74, 6) is 0.229. The van der Waals surface area contributed by atoms with E-state index >= 15 is 0 Å². The number of carbonyl (C=O) groups is 1. The number of hydrogen-bond acceptors (Lipinski definition) is 3. The van der Waals surface area contributed by atoms with Gasteiger partial charge in [-0.05, 0) is 38.3 Å². The van der Waals surface area contributed by atoms with Gasteiger partial charge < -0.3 is 5.11 Å². The number of likely N-dealkylation sites (tertiary alicyclic amines) is 1. The number of carbonyl (C=O) groups excluding carboxylic acids is 1. The highest BCUT2D eigenvalue weighted by atomic mass is 16.3. The fourth-order valence-electron chi connectivity index (χ4n) is 2.93. The van der Waals surface area contributed by atoms with Gasteiger partial charge in [0.25, 0.3) is 0 Å². The molecule has 1 aromatic carbocycles. The van der Waals surface area contributed by atoms with Gasteiger partial charge in [-0.25, -0.2) is 0 Å². The van der Waals surface area contributed by atoms with Crippen molar-refractivity contribution in [3.63, 3.8) is 0 Å². The first kappa shape index (κ1) is 14.2. The lowest BCUT2D eigenvalue weighted by Gasteiger charge is -2.23. The Morgan fingerprint density at radius 2 is 2.21 bits per heavy atom. The fourth-order valence-corrected chi connectivity index (χ4v) is 2.93. The molecule has 1 atom stereocenters. The predicted octanol–water partition coefficient (Wildman–Crippen LogP) is 2.41. The molecule has 0 amide bonds. The molecule has 1 aliphatic rings. The fraction of sp³-hybridized carbons (Fsp3) is 0.562. The topological polar surface area (TPSA) is 40.5 Å². The largest absolute Gasteiger partial charge is 0.396 e. The van der Waals surface area contributed by atoms with Gasteiger partial charge in [-0.1, -0.05) is 24.3 Å². The van der Waals surface area contributed by atoms with Crippen LogP contribution in [0.25, 0.3) is 0 Å². The lowest BCUT2D eigenvalue weighted by Crippen LogP contribution is -2.32. The summed E-state index contributed by atoms with van der Waals surface area (Å²) in [5, 5.41) is 9.04. The van der Waals surface area contributed by atoms with Crippen molar-refractivity contribution < 1.29 is 9.90 Å². The van der Waals surface area contributed by atoms with E-state index in [0.29, 0.717) is 12.5 Å². The zero-order chi connectivity index (χ0) is 13.7. The number of ketones is 1. The van der Waals surface area contributed by atoms with Crippen LogP contribution in [0.3, 0.4) is 0 Å². The van der Waals surface area contributed by atoms with Crippen LogP contribution in [0.2, 0.25) is 0 Å². The molecule has 0 bridgehead atoms. The first-order chi connectivity index (χ1) is 9.22. The highest BCUT2D eigenvalue weighted by Crippen LogP contribution is 2.20. The number of rotatable bonds is 6. The van der Waals surface area contributed by atoms with E-state index < -0.39 is 0 Å². The molecular formula is C16H23NO2. The monoisotopic (exact) mass is 261 g/mol. The van der Waals surface area contributed by atoms with E-state index in [0.717, 1.165) is 37.1 Å². The average Bonchev–Trinajstić information content (AvgIpc) is 2.84. The molecule has 3 nitrogen and oxygen atoms in total. The second-order valence-electron chi connectivity index (χ2n) is 5.33. The Kier molecular flexibility index (Phi) is 5.11. The van der Waals surface area contributed by atoms with Crippen LogP contribution in [0.15, 0.2) is 24.3 Å². The second kappa shape index (κ2) is 6.83. The Labute approximate surface area is 115 Å². The van der Waals surface area contributed by atoms with Gasteiger partial charge >= 0.3 is 0 Å². The van der Waals surface area contributed by atoms with Crippen LogP contribution in [0.1, 0.15) is 41.6 Å². The predicted molar refractivity (Wildman–Crippen MR) is 76.4 cm³/mol. The summed E-state index contributed by atoms with van der Waals surface area (Å²) < 4.78 is 0. The van der Waals surface area contributed by atoms with E-state index in [4.69, 9.17) is 5.11 Å². The standard InChI is InChI=1S/C16H23NO2/c1-13-5-2-3-7-15(13)16(19)8-11-17-10-4-6-14(17)9-12-18/h2-3,5,7,14,18H,4,6,8-12H2,1H3. The van der Waals surface area contributed by atoms with Crippen molar-refractivity contribution in [2.45, 2.75) is 38.6 Å². The zero-order valence-electron chi connectivity index (χ0n) is 11.6. The molecule has 0 spiro atoms. The molecule has 1 N–H and O–H groups in total. The number of aliphatic hydroxyl groups excluding tert-OH is 1. The summed E-state index contributed by atoms with van der Waals surface area (Å²) >= 11 is 0. The summed E-state index contributed by atoms with van der Waals surface area (Å²) in [4.78, 5) is 14.6. The van der Waals surface area contributed by atoms with Gasteiger partial charge in [0.05, 0.1) is 0 Å². The Hall–Kier alpha value is -1.19. The lowest BCUT2D eigenvalue weighted by molar-refractivity contribution is 0.0956. The first-order valence-electron chi connectivity index (χ1n) is 7.16. The van der Waals surface area contributed by atoms with Crippen LogP contribution in [-0.4, -0.2) is 41.5 Å². The van der Waals surface area contributed by atoms with Gasteiger partial charge in [0, 0.05) is 31.2 Å². The molecule has 0 aliphatic carbocycles. The zero-order valence-corrected chi connectivity index (χ0v) is 11.6. The van der Waals surface area contributed by atoms with E-state index in [2.05, 4.69) is 4.90 Å². The molecule has 19 heavy (non-hydrogen) atoms. The summed E-state index contributed by atoms with van der Waals surface area (Å²) in [6.07, 6.45) is 3.74. The number of benzene rings is 1. The Morgan fingerprint density at radius 3 is 2.95 bits per heavy atom. The van der Waals surface area contributed by atoms with Crippen LogP contribution in [0.5, 0.6) is 0 Å². The van der Waals surface area contributed by atoms with E-state index in [-0.39, 0.29) is 12.4 Å². The molecule has 1 unspecified atom stereocenters. The van der Waals surface area contributed by atoms with Crippen molar-refractivity contribution in [3.8, 4) is 0 Å². The normalized spacial score (nSPS) is 19.8. The van der Waals surface area contributed by atoms with E-state index in [1.807, 2.05) is 31.2 Å². The van der Waals surface area contributed by atoms with E-state index in [9.17, 15) is 4.79 Å². The lowest BCUT2D eigenvalue weighted by atomic mass is 10.0. The highest BCUT2D eigenvalue weighted by molar-refractivity contribution is 5.97. The minimum atomic E-state index is 0.229. The molecule has 2 rings (SSSR count). The Bertz CT molecular complexity index is 431. The van der Waals surface area contributed by atoms with Gasteiger partial charge in [0.1, 0.15) is 0 Å². The minimum absolute atomic E-state index is 0.229. The van der Waals surface area contributed by atoms with Crippen LogP contribution < -0.4 is 0 Å². The molecule has 1 heterocycles. The SMILES string of the molecule is Cc1ccccc1C(=O)CCN1CCCC1CCO. The maximum atomic E-state index is 12.2. The van der Waals surface area contributed by atoms with Crippen molar-refractivity contribution in [2.75, 3.05) is 19.7 Å². The molecule has 1 fully saturated rings. The molecule has 1 aromatic rings. The number of aliphatic hydroxyl groups is 1. The third-order valence-electron chi connectivity index (χ3n) is 4.03. The Balaban J connectivity index is 1.88. The van der Waals surface area contributed by atoms with Crippen LogP contribution >= 0.6 is 0 Å². The van der Waals surface area contributed by atoms with Crippen LogP contribution in [0.4, 0.5) is 0 Å². The average molecular weight is 261 g/mol. The molecule has 0 radical (unpaired) electrons. The van der Waals surface area contributed by atoms with E-state index in [1.54, 1.807) is 0 Å². The maximum absolute atomic E-state index is 12.2. The smallest absolute Gasteiger partial charge is 0.164 e. The number of hydrogen-bond donors (Lipinski definition) is 1. The molecule has 3 heteroatoms. The van der Waals surface area contributed by atoms with Gasteiger partial charge in [-0.15, -0.1) is 0 Å². The van der Waals surface area contributed by atoms with Crippen molar-refractivity contribution in [1.82, 2.24) is 4.90 Å². The summed E-state index contributed by atoms with van der Waals surface area (Å²) in [6.45, 7) is 4.11.